The van der Waals surface area contributed by atoms with Crippen molar-refractivity contribution in [2.45, 2.75) is 89.1 Å². The van der Waals surface area contributed by atoms with Gasteiger partial charge in [0.2, 0.25) is 0 Å². The van der Waals surface area contributed by atoms with Crippen LogP contribution >= 0.6 is 0 Å². The van der Waals surface area contributed by atoms with Crippen LogP contribution in [0.1, 0.15) is 92.6 Å². The van der Waals surface area contributed by atoms with Gasteiger partial charge in [0.1, 0.15) is 0 Å². The summed E-state index contributed by atoms with van der Waals surface area (Å²) >= 11 is 0. The number of benzene rings is 2. The number of carboxylic acid groups (broad SMARTS) is 1. The van der Waals surface area contributed by atoms with Gasteiger partial charge in [-0.15, -0.1) is 0 Å². The summed E-state index contributed by atoms with van der Waals surface area (Å²) in [6.45, 7) is 2.87. The van der Waals surface area contributed by atoms with E-state index in [1.54, 1.807) is 36.4 Å². The molecule has 0 aromatic heterocycles. The molecule has 2 aromatic carbocycles. The Kier molecular flexibility index (Phi) is 13.7. The van der Waals surface area contributed by atoms with E-state index in [4.69, 9.17) is 0 Å². The highest BCUT2D eigenvalue weighted by Crippen LogP contribution is 2.15. The lowest BCUT2D eigenvalue weighted by Gasteiger charge is -2.21. The molecule has 0 heterocycles. The van der Waals surface area contributed by atoms with Crippen LogP contribution in [0.2, 0.25) is 0 Å². The molecule has 0 saturated carbocycles. The zero-order valence-electron chi connectivity index (χ0n) is 23.2. The minimum absolute atomic E-state index is 0.00370. The number of nitrogens with zero attached hydrogens (tertiary/aromatic N) is 1. The second-order valence-electron chi connectivity index (χ2n) is 10.0. The summed E-state index contributed by atoms with van der Waals surface area (Å²) in [7, 11) is -3.36. The summed E-state index contributed by atoms with van der Waals surface area (Å²) in [5, 5.41) is 12.2. The fourth-order valence-electron chi connectivity index (χ4n) is 4.30. The Morgan fingerprint density at radius 2 is 1.21 bits per heavy atom. The Morgan fingerprint density at radius 1 is 0.744 bits per heavy atom. The predicted octanol–water partition coefficient (Wildman–Crippen LogP) is 5.35. The number of carboxylic acids is 1. The first kappa shape index (κ1) is 32.0. The third-order valence-electron chi connectivity index (χ3n) is 6.60. The molecule has 9 heteroatoms. The van der Waals surface area contributed by atoms with Crippen LogP contribution in [0.15, 0.2) is 53.4 Å². The quantitative estimate of drug-likeness (QED) is 0.199. The molecule has 0 aliphatic rings. The Bertz CT molecular complexity index is 1160. The van der Waals surface area contributed by atoms with Crippen LogP contribution in [-0.4, -0.2) is 49.0 Å². The lowest BCUT2D eigenvalue weighted by molar-refractivity contribution is -0.156. The van der Waals surface area contributed by atoms with Crippen molar-refractivity contribution in [3.63, 3.8) is 0 Å². The number of nitrogens with one attached hydrogen (secondary N) is 1. The Balaban J connectivity index is 1.82. The van der Waals surface area contributed by atoms with Gasteiger partial charge < -0.3 is 15.3 Å². The minimum Gasteiger partial charge on any atom is -0.474 e. The molecule has 0 aliphatic heterocycles. The maximum absolute atomic E-state index is 12.5. The van der Waals surface area contributed by atoms with E-state index in [0.29, 0.717) is 23.2 Å². The lowest BCUT2D eigenvalue weighted by Crippen LogP contribution is -2.35. The first-order valence-electron chi connectivity index (χ1n) is 13.8. The van der Waals surface area contributed by atoms with Crippen LogP contribution in [0.4, 0.5) is 0 Å². The smallest absolute Gasteiger partial charge is 0.394 e. The second kappa shape index (κ2) is 16.7. The first-order chi connectivity index (χ1) is 18.6. The van der Waals surface area contributed by atoms with Gasteiger partial charge in [0.25, 0.3) is 5.91 Å². The van der Waals surface area contributed by atoms with Gasteiger partial charge in [-0.05, 0) is 41.8 Å². The van der Waals surface area contributed by atoms with E-state index in [0.717, 1.165) is 24.0 Å². The van der Waals surface area contributed by atoms with Gasteiger partial charge in [0, 0.05) is 31.5 Å². The standard InChI is InChI=1S/C30H42N2O6S/c1-3-4-5-6-7-8-9-10-11-12-21-31-28(33)26-17-13-24(14-18-26)22-32(29(34)30(35)36)23-25-15-19-27(20-16-25)39(2,37)38/h13-20H,3-12,21-23H2,1-2H3,(H,31,33)(H,35,36). The molecule has 0 bridgehead atoms. The Hall–Kier alpha value is -3.20. The van der Waals surface area contributed by atoms with Crippen molar-refractivity contribution >= 4 is 27.6 Å². The van der Waals surface area contributed by atoms with Crippen LogP contribution < -0.4 is 5.32 Å². The third-order valence-corrected chi connectivity index (χ3v) is 7.73. The van der Waals surface area contributed by atoms with Gasteiger partial charge in [-0.25, -0.2) is 13.2 Å². The highest BCUT2D eigenvalue weighted by Gasteiger charge is 2.22. The van der Waals surface area contributed by atoms with E-state index < -0.39 is 21.7 Å². The molecule has 0 saturated heterocycles. The number of hydrogen-bond donors (Lipinski definition) is 2. The molecule has 2 rings (SSSR count). The number of rotatable bonds is 17. The van der Waals surface area contributed by atoms with Crippen molar-refractivity contribution in [2.24, 2.45) is 0 Å². The number of aliphatic carboxylic acids is 1. The molecule has 2 aromatic rings. The normalized spacial score (nSPS) is 11.2. The van der Waals surface area contributed by atoms with Gasteiger partial charge in [-0.1, -0.05) is 89.0 Å². The molecule has 0 fully saturated rings. The molecule has 39 heavy (non-hydrogen) atoms. The summed E-state index contributed by atoms with van der Waals surface area (Å²) in [5.41, 5.74) is 1.77. The predicted molar refractivity (Wildman–Crippen MR) is 152 cm³/mol. The summed E-state index contributed by atoms with van der Waals surface area (Å²) in [5.74, 6) is -2.81. The van der Waals surface area contributed by atoms with Gasteiger partial charge in [0.15, 0.2) is 9.84 Å². The van der Waals surface area contributed by atoms with Crippen molar-refractivity contribution in [1.82, 2.24) is 10.2 Å². The van der Waals surface area contributed by atoms with Gasteiger partial charge in [0.05, 0.1) is 4.90 Å². The van der Waals surface area contributed by atoms with E-state index in [1.165, 1.54) is 63.5 Å². The summed E-state index contributed by atoms with van der Waals surface area (Å²) in [6.07, 6.45) is 13.4. The average molecular weight is 559 g/mol. The van der Waals surface area contributed by atoms with Crippen LogP contribution in [0.3, 0.4) is 0 Å². The maximum atomic E-state index is 12.5. The SMILES string of the molecule is CCCCCCCCCCCCNC(=O)c1ccc(CN(Cc2ccc(S(C)(=O)=O)cc2)C(=O)C(=O)O)cc1. The van der Waals surface area contributed by atoms with Crippen molar-refractivity contribution in [1.29, 1.82) is 0 Å². The van der Waals surface area contributed by atoms with E-state index >= 15 is 0 Å². The molecular formula is C30H42N2O6S. The topological polar surface area (TPSA) is 121 Å². The van der Waals surface area contributed by atoms with Crippen molar-refractivity contribution in [3.8, 4) is 0 Å². The molecule has 0 radical (unpaired) electrons. The van der Waals surface area contributed by atoms with Crippen molar-refractivity contribution in [3.05, 3.63) is 65.2 Å². The minimum atomic E-state index is -3.36. The molecular weight excluding hydrogens is 516 g/mol. The summed E-state index contributed by atoms with van der Waals surface area (Å²) < 4.78 is 23.3. The second-order valence-corrected chi connectivity index (χ2v) is 12.0. The van der Waals surface area contributed by atoms with Crippen molar-refractivity contribution < 1.29 is 27.9 Å². The van der Waals surface area contributed by atoms with Crippen LogP contribution in [0.5, 0.6) is 0 Å². The fraction of sp³-hybridized carbons (Fsp3) is 0.500. The first-order valence-corrected chi connectivity index (χ1v) is 15.7. The van der Waals surface area contributed by atoms with E-state index in [9.17, 15) is 27.9 Å². The van der Waals surface area contributed by atoms with E-state index in [2.05, 4.69) is 12.2 Å². The number of hydrogen-bond acceptors (Lipinski definition) is 5. The number of sulfone groups is 1. The third kappa shape index (κ3) is 12.0. The summed E-state index contributed by atoms with van der Waals surface area (Å²) in [6, 6.07) is 12.7. The summed E-state index contributed by atoms with van der Waals surface area (Å²) in [4.78, 5) is 37.5. The van der Waals surface area contributed by atoms with E-state index in [1.807, 2.05) is 0 Å². The van der Waals surface area contributed by atoms with E-state index in [-0.39, 0.29) is 23.9 Å². The van der Waals surface area contributed by atoms with Gasteiger partial charge in [-0.2, -0.15) is 0 Å². The highest BCUT2D eigenvalue weighted by atomic mass is 32.2. The molecule has 0 unspecified atom stereocenters. The number of amides is 2. The molecule has 0 spiro atoms. The lowest BCUT2D eigenvalue weighted by atomic mass is 10.1. The zero-order valence-corrected chi connectivity index (χ0v) is 24.0. The van der Waals surface area contributed by atoms with Crippen molar-refractivity contribution in [2.75, 3.05) is 12.8 Å². The fourth-order valence-corrected chi connectivity index (χ4v) is 4.93. The molecule has 214 valence electrons. The van der Waals surface area contributed by atoms with Gasteiger partial charge in [-0.3, -0.25) is 9.59 Å². The van der Waals surface area contributed by atoms with Crippen LogP contribution in [0.25, 0.3) is 0 Å². The molecule has 8 nitrogen and oxygen atoms in total. The van der Waals surface area contributed by atoms with Crippen LogP contribution in [-0.2, 0) is 32.5 Å². The highest BCUT2D eigenvalue weighted by molar-refractivity contribution is 7.90. The number of unbranched alkanes of at least 4 members (excludes halogenated alkanes) is 9. The zero-order chi connectivity index (χ0) is 28.7. The Labute approximate surface area is 232 Å². The molecule has 2 amide bonds. The van der Waals surface area contributed by atoms with Crippen LogP contribution in [0, 0.1) is 0 Å². The number of carbonyl (C=O) groups excluding carboxylic acids is 2. The molecule has 2 N–H and O–H groups in total. The molecule has 0 atom stereocenters. The Morgan fingerprint density at radius 3 is 1.67 bits per heavy atom. The maximum Gasteiger partial charge on any atom is 0.394 e. The average Bonchev–Trinajstić information content (AvgIpc) is 2.91. The molecule has 0 aliphatic carbocycles. The monoisotopic (exact) mass is 558 g/mol. The largest absolute Gasteiger partial charge is 0.474 e. The number of carbonyl (C=O) groups is 3. The van der Waals surface area contributed by atoms with Gasteiger partial charge >= 0.3 is 11.9 Å².